The third-order valence-corrected chi connectivity index (χ3v) is 4.02. The second-order valence-corrected chi connectivity index (χ2v) is 5.68. The Hall–Kier alpha value is -0.820. The van der Waals surface area contributed by atoms with Crippen LogP contribution in [0.1, 0.15) is 6.42 Å². The molecule has 5 nitrogen and oxygen atoms in total. The van der Waals surface area contributed by atoms with Crippen LogP contribution in [-0.4, -0.2) is 20.9 Å². The minimum Gasteiger partial charge on any atom is -0.550 e. The first-order valence-corrected chi connectivity index (χ1v) is 6.71. The molecule has 0 heterocycles. The number of rotatable bonds is 5. The highest BCUT2D eigenvalue weighted by Crippen LogP contribution is 2.24. The highest BCUT2D eigenvalue weighted by atomic mass is 35.5. The lowest BCUT2D eigenvalue weighted by atomic mass is 10.4. The molecule has 0 fully saturated rings. The molecule has 0 aliphatic heterocycles. The van der Waals surface area contributed by atoms with Crippen LogP contribution in [0, 0.1) is 0 Å². The van der Waals surface area contributed by atoms with E-state index in [0.717, 1.165) is 0 Å². The van der Waals surface area contributed by atoms with E-state index in [9.17, 15) is 18.3 Å². The summed E-state index contributed by atoms with van der Waals surface area (Å²) in [5, 5.41) is 10.5. The fraction of sp³-hybridized carbons (Fsp3) is 0.222. The molecular formula is C9H8Cl2NO4S-. The molecule has 0 aliphatic carbocycles. The quantitative estimate of drug-likeness (QED) is 0.853. The van der Waals surface area contributed by atoms with Crippen molar-refractivity contribution in [3.63, 3.8) is 0 Å². The summed E-state index contributed by atoms with van der Waals surface area (Å²) in [5.41, 5.74) is 0. The number of aliphatic carboxylic acids is 1. The molecule has 17 heavy (non-hydrogen) atoms. The Morgan fingerprint density at radius 1 is 1.29 bits per heavy atom. The summed E-state index contributed by atoms with van der Waals surface area (Å²) in [6.45, 7) is -0.245. The molecule has 0 saturated carbocycles. The van der Waals surface area contributed by atoms with E-state index in [-0.39, 0.29) is 21.5 Å². The molecule has 0 bridgehead atoms. The first kappa shape index (κ1) is 14.2. The maximum Gasteiger partial charge on any atom is 0.240 e. The lowest BCUT2D eigenvalue weighted by molar-refractivity contribution is -0.305. The van der Waals surface area contributed by atoms with Crippen LogP contribution in [0.4, 0.5) is 0 Å². The van der Waals surface area contributed by atoms with Crippen LogP contribution < -0.4 is 9.83 Å². The van der Waals surface area contributed by atoms with Gasteiger partial charge in [0.2, 0.25) is 10.0 Å². The molecule has 1 aromatic rings. The van der Waals surface area contributed by atoms with Gasteiger partial charge in [0.1, 0.15) is 0 Å². The molecule has 0 aliphatic rings. The molecule has 1 rings (SSSR count). The lowest BCUT2D eigenvalue weighted by Crippen LogP contribution is -2.31. The van der Waals surface area contributed by atoms with Gasteiger partial charge in [0.05, 0.1) is 14.9 Å². The first-order chi connectivity index (χ1) is 7.83. The SMILES string of the molecule is O=C([O-])CCNS(=O)(=O)c1ccc(Cl)c(Cl)c1. The van der Waals surface area contributed by atoms with E-state index >= 15 is 0 Å². The van der Waals surface area contributed by atoms with Gasteiger partial charge < -0.3 is 9.90 Å². The molecule has 0 saturated heterocycles. The molecule has 8 heteroatoms. The molecule has 0 unspecified atom stereocenters. The Balaban J connectivity index is 2.82. The molecule has 0 aromatic heterocycles. The predicted molar refractivity (Wildman–Crippen MR) is 61.3 cm³/mol. The van der Waals surface area contributed by atoms with E-state index < -0.39 is 22.4 Å². The van der Waals surface area contributed by atoms with E-state index in [1.165, 1.54) is 18.2 Å². The van der Waals surface area contributed by atoms with Gasteiger partial charge in [-0.1, -0.05) is 23.2 Å². The maximum atomic E-state index is 11.7. The highest BCUT2D eigenvalue weighted by molar-refractivity contribution is 7.89. The largest absolute Gasteiger partial charge is 0.550 e. The highest BCUT2D eigenvalue weighted by Gasteiger charge is 2.14. The van der Waals surface area contributed by atoms with Crippen molar-refractivity contribution >= 4 is 39.2 Å². The van der Waals surface area contributed by atoms with Gasteiger partial charge in [0.25, 0.3) is 0 Å². The topological polar surface area (TPSA) is 86.3 Å². The van der Waals surface area contributed by atoms with E-state index in [1.54, 1.807) is 0 Å². The Kier molecular flexibility index (Phi) is 4.76. The fourth-order valence-electron chi connectivity index (χ4n) is 1.01. The minimum absolute atomic E-state index is 0.0785. The Morgan fingerprint density at radius 3 is 2.47 bits per heavy atom. The summed E-state index contributed by atoms with van der Waals surface area (Å²) in [5.74, 6) is -1.33. The van der Waals surface area contributed by atoms with Crippen molar-refractivity contribution in [3.05, 3.63) is 28.2 Å². The smallest absolute Gasteiger partial charge is 0.240 e. The minimum atomic E-state index is -3.78. The number of hydrogen-bond donors (Lipinski definition) is 1. The second-order valence-electron chi connectivity index (χ2n) is 3.10. The first-order valence-electron chi connectivity index (χ1n) is 4.47. The van der Waals surface area contributed by atoms with Crippen LogP contribution in [0.2, 0.25) is 10.0 Å². The molecule has 1 N–H and O–H groups in total. The van der Waals surface area contributed by atoms with Crippen LogP contribution in [0.3, 0.4) is 0 Å². The standard InChI is InChI=1S/C9H9Cl2NO4S/c10-7-2-1-6(5-8(7)11)17(15,16)12-4-3-9(13)14/h1-2,5,12H,3-4H2,(H,13,14)/p-1. The van der Waals surface area contributed by atoms with Gasteiger partial charge in [-0.15, -0.1) is 0 Å². The molecule has 0 radical (unpaired) electrons. The fourth-order valence-corrected chi connectivity index (χ4v) is 2.44. The van der Waals surface area contributed by atoms with Crippen LogP contribution >= 0.6 is 23.2 Å². The molecule has 0 spiro atoms. The molecule has 94 valence electrons. The number of carbonyl (C=O) groups excluding carboxylic acids is 1. The average Bonchev–Trinajstić information content (AvgIpc) is 2.21. The molecule has 0 atom stereocenters. The van der Waals surface area contributed by atoms with Crippen LogP contribution in [0.5, 0.6) is 0 Å². The Bertz CT molecular complexity index is 530. The van der Waals surface area contributed by atoms with E-state index in [4.69, 9.17) is 23.2 Å². The summed E-state index contributed by atoms with van der Waals surface area (Å²) >= 11 is 11.3. The maximum absolute atomic E-state index is 11.7. The predicted octanol–water partition coefficient (Wildman–Crippen LogP) is 0.412. The summed E-state index contributed by atoms with van der Waals surface area (Å²) in [6, 6.07) is 3.80. The van der Waals surface area contributed by atoms with Crippen LogP contribution in [0.25, 0.3) is 0 Å². The van der Waals surface area contributed by atoms with Crippen LogP contribution in [0.15, 0.2) is 23.1 Å². The van der Waals surface area contributed by atoms with Crippen molar-refractivity contribution in [2.24, 2.45) is 0 Å². The number of carboxylic acids is 1. The van der Waals surface area contributed by atoms with Gasteiger partial charge in [0, 0.05) is 18.9 Å². The van der Waals surface area contributed by atoms with Crippen molar-refractivity contribution in [2.45, 2.75) is 11.3 Å². The summed E-state index contributed by atoms with van der Waals surface area (Å²) in [7, 11) is -3.78. The van der Waals surface area contributed by atoms with Crippen molar-refractivity contribution in [2.75, 3.05) is 6.54 Å². The Labute approximate surface area is 108 Å². The summed E-state index contributed by atoms with van der Waals surface area (Å²) in [4.78, 5) is 10.1. The number of carboxylic acid groups (broad SMARTS) is 1. The third kappa shape index (κ3) is 4.16. The second kappa shape index (κ2) is 5.68. The molecule has 1 aromatic carbocycles. The number of nitrogens with one attached hydrogen (secondary N) is 1. The van der Waals surface area contributed by atoms with Gasteiger partial charge in [-0.2, -0.15) is 0 Å². The van der Waals surface area contributed by atoms with Gasteiger partial charge in [0.15, 0.2) is 0 Å². The monoisotopic (exact) mass is 296 g/mol. The van der Waals surface area contributed by atoms with Gasteiger partial charge >= 0.3 is 0 Å². The lowest BCUT2D eigenvalue weighted by Gasteiger charge is -2.07. The zero-order chi connectivity index (χ0) is 13.1. The zero-order valence-corrected chi connectivity index (χ0v) is 10.8. The number of benzene rings is 1. The third-order valence-electron chi connectivity index (χ3n) is 1.82. The number of hydrogen-bond acceptors (Lipinski definition) is 4. The van der Waals surface area contributed by atoms with Gasteiger partial charge in [-0.25, -0.2) is 13.1 Å². The van der Waals surface area contributed by atoms with Crippen LogP contribution in [-0.2, 0) is 14.8 Å². The number of carbonyl (C=O) groups is 1. The van der Waals surface area contributed by atoms with E-state index in [1.807, 2.05) is 0 Å². The summed E-state index contributed by atoms with van der Waals surface area (Å²) in [6.07, 6.45) is -0.402. The zero-order valence-electron chi connectivity index (χ0n) is 8.44. The van der Waals surface area contributed by atoms with Crippen molar-refractivity contribution in [1.29, 1.82) is 0 Å². The van der Waals surface area contributed by atoms with Crippen molar-refractivity contribution in [1.82, 2.24) is 4.72 Å². The van der Waals surface area contributed by atoms with E-state index in [0.29, 0.717) is 0 Å². The summed E-state index contributed by atoms with van der Waals surface area (Å²) < 4.78 is 25.4. The van der Waals surface area contributed by atoms with E-state index in [2.05, 4.69) is 4.72 Å². The molecule has 0 amide bonds. The van der Waals surface area contributed by atoms with Crippen molar-refractivity contribution in [3.8, 4) is 0 Å². The number of halogens is 2. The normalized spacial score (nSPS) is 11.4. The van der Waals surface area contributed by atoms with Gasteiger partial charge in [-0.3, -0.25) is 0 Å². The Morgan fingerprint density at radius 2 is 1.94 bits per heavy atom. The molecular weight excluding hydrogens is 289 g/mol. The number of sulfonamides is 1. The van der Waals surface area contributed by atoms with Crippen molar-refractivity contribution < 1.29 is 18.3 Å². The van der Waals surface area contributed by atoms with Gasteiger partial charge in [-0.05, 0) is 18.2 Å². The average molecular weight is 297 g/mol.